The predicted molar refractivity (Wildman–Crippen MR) is 72.1 cm³/mol. The van der Waals surface area contributed by atoms with Crippen molar-refractivity contribution >= 4 is 28.9 Å². The largest absolute Gasteiger partial charge is 0.480 e. The molecule has 0 aliphatic rings. The highest BCUT2D eigenvalue weighted by molar-refractivity contribution is 7.99. The maximum absolute atomic E-state index is 11.1. The van der Waals surface area contributed by atoms with Gasteiger partial charge in [0.25, 0.3) is 0 Å². The molecule has 0 saturated heterocycles. The van der Waals surface area contributed by atoms with Crippen molar-refractivity contribution in [3.63, 3.8) is 0 Å². The zero-order chi connectivity index (χ0) is 13.8. The van der Waals surface area contributed by atoms with Gasteiger partial charge < -0.3 is 15.4 Å². The van der Waals surface area contributed by atoms with Gasteiger partial charge >= 0.3 is 5.97 Å². The fourth-order valence-corrected chi connectivity index (χ4v) is 2.59. The molecule has 102 valence electrons. The van der Waals surface area contributed by atoms with Crippen LogP contribution < -0.4 is 5.32 Å². The molecule has 2 rings (SSSR count). The van der Waals surface area contributed by atoms with Crippen molar-refractivity contribution in [1.29, 1.82) is 0 Å². The van der Waals surface area contributed by atoms with E-state index < -0.39 is 12.0 Å². The molecule has 0 aromatic carbocycles. The Balaban J connectivity index is 2.08. The van der Waals surface area contributed by atoms with Crippen LogP contribution in [0, 0.1) is 0 Å². The lowest BCUT2D eigenvalue weighted by Crippen LogP contribution is -2.42. The van der Waals surface area contributed by atoms with Crippen molar-refractivity contribution in [2.24, 2.45) is 0 Å². The summed E-state index contributed by atoms with van der Waals surface area (Å²) in [6, 6.07) is -0.503. The second-order valence-corrected chi connectivity index (χ2v) is 5.31. The van der Waals surface area contributed by atoms with Gasteiger partial charge in [-0.2, -0.15) is 0 Å². The topological polar surface area (TPSA) is 104 Å². The van der Waals surface area contributed by atoms with E-state index in [1.165, 1.54) is 18.1 Å². The van der Waals surface area contributed by atoms with Crippen molar-refractivity contribution in [2.45, 2.75) is 31.0 Å². The van der Waals surface area contributed by atoms with Gasteiger partial charge in [0.15, 0.2) is 5.65 Å². The average molecular weight is 281 g/mol. The van der Waals surface area contributed by atoms with Crippen molar-refractivity contribution in [3.05, 3.63) is 12.7 Å². The molecule has 19 heavy (non-hydrogen) atoms. The molecule has 0 aliphatic carbocycles. The number of nitrogens with one attached hydrogen (secondary N) is 2. The van der Waals surface area contributed by atoms with Crippen LogP contribution in [-0.4, -0.2) is 48.8 Å². The molecule has 1 unspecified atom stereocenters. The number of aromatic nitrogens is 4. The normalized spacial score (nSPS) is 13.0. The average Bonchev–Trinajstić information content (AvgIpc) is 2.82. The van der Waals surface area contributed by atoms with Gasteiger partial charge in [0.05, 0.1) is 6.33 Å². The molecule has 2 aromatic heterocycles. The molecule has 0 radical (unpaired) electrons. The number of carboxylic acids is 1. The number of hydrogen-bond donors (Lipinski definition) is 3. The van der Waals surface area contributed by atoms with E-state index >= 15 is 0 Å². The first kappa shape index (κ1) is 13.8. The molecule has 3 N–H and O–H groups in total. The smallest absolute Gasteiger partial charge is 0.321 e. The van der Waals surface area contributed by atoms with Crippen LogP contribution in [0.25, 0.3) is 11.2 Å². The highest BCUT2D eigenvalue weighted by Gasteiger charge is 2.19. The molecule has 0 saturated carbocycles. The standard InChI is InChI=1S/C11H15N5O2S/c1-6(2)16-7(11(17)18)3-19-10-8-9(13-4-12-8)14-5-15-10/h4-7,16H,3H2,1-2H3,(H,17,18)(H,12,13,14,15). The van der Waals surface area contributed by atoms with Gasteiger partial charge in [-0.15, -0.1) is 11.8 Å². The minimum atomic E-state index is -0.865. The molecule has 0 spiro atoms. The van der Waals surface area contributed by atoms with E-state index in [2.05, 4.69) is 25.3 Å². The van der Waals surface area contributed by atoms with Gasteiger partial charge in [-0.05, 0) is 0 Å². The Labute approximate surface area is 114 Å². The highest BCUT2D eigenvalue weighted by atomic mass is 32.2. The van der Waals surface area contributed by atoms with Gasteiger partial charge in [-0.3, -0.25) is 4.79 Å². The van der Waals surface area contributed by atoms with Crippen LogP contribution in [-0.2, 0) is 4.79 Å². The third-order valence-corrected chi connectivity index (χ3v) is 3.49. The number of fused-ring (bicyclic) bond motifs is 1. The summed E-state index contributed by atoms with van der Waals surface area (Å²) in [5, 5.41) is 12.9. The first-order chi connectivity index (χ1) is 9.08. The van der Waals surface area contributed by atoms with E-state index in [1.807, 2.05) is 13.8 Å². The van der Waals surface area contributed by atoms with Crippen LogP contribution in [0.15, 0.2) is 17.7 Å². The third kappa shape index (κ3) is 3.42. The van der Waals surface area contributed by atoms with Gasteiger partial charge in [0.2, 0.25) is 0 Å². The fraction of sp³-hybridized carbons (Fsp3) is 0.455. The first-order valence-corrected chi connectivity index (χ1v) is 6.82. The van der Waals surface area contributed by atoms with Crippen LogP contribution in [0.4, 0.5) is 0 Å². The van der Waals surface area contributed by atoms with Gasteiger partial charge in [0.1, 0.15) is 22.9 Å². The van der Waals surface area contributed by atoms with Crippen LogP contribution in [0.3, 0.4) is 0 Å². The molecule has 2 aromatic rings. The van der Waals surface area contributed by atoms with E-state index in [4.69, 9.17) is 5.11 Å². The minimum absolute atomic E-state index is 0.110. The molecule has 0 bridgehead atoms. The van der Waals surface area contributed by atoms with Gasteiger partial charge in [-0.1, -0.05) is 13.8 Å². The van der Waals surface area contributed by atoms with Crippen LogP contribution in [0.5, 0.6) is 0 Å². The van der Waals surface area contributed by atoms with Crippen LogP contribution >= 0.6 is 11.8 Å². The molecule has 0 amide bonds. The minimum Gasteiger partial charge on any atom is -0.480 e. The maximum atomic E-state index is 11.1. The summed E-state index contributed by atoms with van der Waals surface area (Å²) in [4.78, 5) is 26.3. The van der Waals surface area contributed by atoms with E-state index in [9.17, 15) is 4.79 Å². The number of carboxylic acid groups (broad SMARTS) is 1. The molecule has 0 fully saturated rings. The SMILES string of the molecule is CC(C)NC(CSc1ncnc2nc[nH]c12)C(=O)O. The molecule has 2 heterocycles. The van der Waals surface area contributed by atoms with E-state index in [1.54, 1.807) is 6.33 Å². The summed E-state index contributed by atoms with van der Waals surface area (Å²) in [7, 11) is 0. The number of aliphatic carboxylic acids is 1. The number of hydrogen-bond acceptors (Lipinski definition) is 6. The fourth-order valence-electron chi connectivity index (χ4n) is 1.61. The number of carbonyl (C=O) groups is 1. The summed E-state index contributed by atoms with van der Waals surface area (Å²) in [6.45, 7) is 3.83. The number of aromatic amines is 1. The lowest BCUT2D eigenvalue weighted by Gasteiger charge is -2.16. The highest BCUT2D eigenvalue weighted by Crippen LogP contribution is 2.22. The number of H-pyrrole nitrogens is 1. The summed E-state index contributed by atoms with van der Waals surface area (Å²) in [6.07, 6.45) is 2.97. The summed E-state index contributed by atoms with van der Waals surface area (Å²) < 4.78 is 0. The molecular formula is C11H15N5O2S. The van der Waals surface area contributed by atoms with E-state index in [0.717, 1.165) is 5.52 Å². The summed E-state index contributed by atoms with van der Waals surface area (Å²) in [5.41, 5.74) is 1.32. The monoisotopic (exact) mass is 281 g/mol. The summed E-state index contributed by atoms with van der Waals surface area (Å²) >= 11 is 1.37. The second-order valence-electron chi connectivity index (χ2n) is 4.30. The van der Waals surface area contributed by atoms with Gasteiger partial charge in [-0.25, -0.2) is 15.0 Å². The Hall–Kier alpha value is -1.67. The Kier molecular flexibility index (Phi) is 4.33. The Morgan fingerprint density at radius 1 is 1.47 bits per heavy atom. The molecular weight excluding hydrogens is 266 g/mol. The Morgan fingerprint density at radius 2 is 2.26 bits per heavy atom. The first-order valence-electron chi connectivity index (χ1n) is 5.83. The van der Waals surface area contributed by atoms with Crippen molar-refractivity contribution < 1.29 is 9.90 Å². The van der Waals surface area contributed by atoms with Crippen molar-refractivity contribution in [2.75, 3.05) is 5.75 Å². The maximum Gasteiger partial charge on any atom is 0.321 e. The number of thioether (sulfide) groups is 1. The lowest BCUT2D eigenvalue weighted by molar-refractivity contribution is -0.139. The Bertz CT molecular complexity index is 571. The van der Waals surface area contributed by atoms with Crippen LogP contribution in [0.1, 0.15) is 13.8 Å². The predicted octanol–water partition coefficient (Wildman–Crippen LogP) is 0.896. The van der Waals surface area contributed by atoms with Crippen molar-refractivity contribution in [3.8, 4) is 0 Å². The van der Waals surface area contributed by atoms with Crippen molar-refractivity contribution in [1.82, 2.24) is 25.3 Å². The van der Waals surface area contributed by atoms with Crippen LogP contribution in [0.2, 0.25) is 0 Å². The molecule has 0 aliphatic heterocycles. The zero-order valence-electron chi connectivity index (χ0n) is 10.6. The summed E-state index contributed by atoms with van der Waals surface area (Å²) in [5.74, 6) is -0.477. The number of rotatable bonds is 6. The zero-order valence-corrected chi connectivity index (χ0v) is 11.4. The third-order valence-electron chi connectivity index (χ3n) is 2.41. The Morgan fingerprint density at radius 3 is 2.95 bits per heavy atom. The van der Waals surface area contributed by atoms with E-state index in [-0.39, 0.29) is 6.04 Å². The molecule has 1 atom stereocenters. The number of imidazole rings is 1. The van der Waals surface area contributed by atoms with Gasteiger partial charge in [0, 0.05) is 11.8 Å². The molecule has 8 heteroatoms. The number of nitrogens with zero attached hydrogens (tertiary/aromatic N) is 3. The quantitative estimate of drug-likeness (QED) is 0.533. The molecule has 7 nitrogen and oxygen atoms in total. The second kappa shape index (κ2) is 5.98. The van der Waals surface area contributed by atoms with E-state index in [0.29, 0.717) is 16.4 Å². The lowest BCUT2D eigenvalue weighted by atomic mass is 10.3.